The number of aliphatic carboxylic acids is 1. The topological polar surface area (TPSA) is 111 Å². The van der Waals surface area contributed by atoms with Gasteiger partial charge in [-0.15, -0.1) is 0 Å². The van der Waals surface area contributed by atoms with Gasteiger partial charge in [0.1, 0.15) is 13.2 Å². The van der Waals surface area contributed by atoms with E-state index in [2.05, 4.69) is 56.4 Å². The average Bonchev–Trinajstić information content (AvgIpc) is 3.17. The number of allylic oxidation sites excluding steroid dienone is 9. The average molecular weight is 802 g/mol. The first-order valence-electron chi connectivity index (χ1n) is 22.4. The van der Waals surface area contributed by atoms with Crippen molar-refractivity contribution in [3.8, 4) is 0 Å². The van der Waals surface area contributed by atoms with E-state index in [1.807, 2.05) is 33.3 Å². The third kappa shape index (κ3) is 41.0. The molecule has 0 aromatic carbocycles. The number of esters is 2. The SMILES string of the molecule is CC/C=C\C/C=C\C/C=C\C/C=C\C/C=C\CC(=O)OC(COC(=O)CCCCCCCCCCCCCCCCCCC)COC(OCC[N+](C)(C)C)C(=O)[O-]. The van der Waals surface area contributed by atoms with Crippen LogP contribution in [0.1, 0.15) is 168 Å². The van der Waals surface area contributed by atoms with Gasteiger partial charge in [0, 0.05) is 6.42 Å². The van der Waals surface area contributed by atoms with E-state index in [1.54, 1.807) is 6.08 Å². The second kappa shape index (κ2) is 39.8. The van der Waals surface area contributed by atoms with E-state index in [1.165, 1.54) is 89.9 Å². The summed E-state index contributed by atoms with van der Waals surface area (Å²) in [5.41, 5.74) is 0. The molecule has 0 aliphatic carbocycles. The Labute approximate surface area is 348 Å². The lowest BCUT2D eigenvalue weighted by molar-refractivity contribution is -0.870. The van der Waals surface area contributed by atoms with E-state index in [-0.39, 0.29) is 38.6 Å². The first kappa shape index (κ1) is 54.0. The highest BCUT2D eigenvalue weighted by molar-refractivity contribution is 5.71. The number of carboxylic acids is 1. The summed E-state index contributed by atoms with van der Waals surface area (Å²) in [5, 5.41) is 11.7. The van der Waals surface area contributed by atoms with Crippen LogP contribution in [0.3, 0.4) is 0 Å². The number of nitrogens with zero attached hydrogens (tertiary/aromatic N) is 1. The van der Waals surface area contributed by atoms with Crippen molar-refractivity contribution < 1.29 is 42.9 Å². The predicted molar refractivity (Wildman–Crippen MR) is 232 cm³/mol. The van der Waals surface area contributed by atoms with Crippen LogP contribution in [0.25, 0.3) is 0 Å². The van der Waals surface area contributed by atoms with Crippen LogP contribution in [0.15, 0.2) is 60.8 Å². The summed E-state index contributed by atoms with van der Waals surface area (Å²) >= 11 is 0. The molecule has 0 aromatic rings. The number of carboxylic acid groups (broad SMARTS) is 1. The molecular formula is C48H83NO8. The molecule has 0 bridgehead atoms. The number of unbranched alkanes of at least 4 members (excludes halogenated alkanes) is 16. The Kier molecular flexibility index (Phi) is 37.7. The lowest BCUT2D eigenvalue weighted by Crippen LogP contribution is -2.44. The number of carbonyl (C=O) groups is 3. The van der Waals surface area contributed by atoms with Gasteiger partial charge in [-0.25, -0.2) is 0 Å². The maximum atomic E-state index is 12.7. The molecule has 0 aliphatic rings. The summed E-state index contributed by atoms with van der Waals surface area (Å²) in [6.45, 7) is 4.51. The molecule has 0 heterocycles. The summed E-state index contributed by atoms with van der Waals surface area (Å²) < 4.78 is 22.4. The molecule has 0 saturated carbocycles. The monoisotopic (exact) mass is 802 g/mol. The minimum Gasteiger partial charge on any atom is -0.545 e. The van der Waals surface area contributed by atoms with E-state index in [9.17, 15) is 19.5 Å². The van der Waals surface area contributed by atoms with Gasteiger partial charge in [-0.1, -0.05) is 177 Å². The van der Waals surface area contributed by atoms with E-state index >= 15 is 0 Å². The van der Waals surface area contributed by atoms with E-state index in [0.717, 1.165) is 44.9 Å². The summed E-state index contributed by atoms with van der Waals surface area (Å²) in [5.74, 6) is -2.45. The number of rotatable bonds is 40. The number of likely N-dealkylation sites (N-methyl/N-ethyl adjacent to an activating group) is 1. The highest BCUT2D eigenvalue weighted by Gasteiger charge is 2.21. The molecule has 0 rings (SSSR count). The van der Waals surface area contributed by atoms with Crippen molar-refractivity contribution in [2.45, 2.75) is 180 Å². The lowest BCUT2D eigenvalue weighted by atomic mass is 10.0. The Morgan fingerprint density at radius 3 is 1.42 bits per heavy atom. The van der Waals surface area contributed by atoms with Gasteiger partial charge in [0.15, 0.2) is 12.4 Å². The van der Waals surface area contributed by atoms with Crippen molar-refractivity contribution in [1.29, 1.82) is 0 Å². The summed E-state index contributed by atoms with van der Waals surface area (Å²) in [6, 6.07) is 0. The van der Waals surface area contributed by atoms with Crippen molar-refractivity contribution in [3.63, 3.8) is 0 Å². The fraction of sp³-hybridized carbons (Fsp3) is 0.729. The third-order valence-corrected chi connectivity index (χ3v) is 9.31. The van der Waals surface area contributed by atoms with Crippen LogP contribution in [-0.4, -0.2) is 82.3 Å². The largest absolute Gasteiger partial charge is 0.545 e. The van der Waals surface area contributed by atoms with Crippen molar-refractivity contribution in [2.24, 2.45) is 0 Å². The standard InChI is InChI=1S/C48H83NO8/c1-6-8-10-12-14-16-18-20-22-23-25-26-28-30-32-34-36-38-45(50)55-42-44(43-56-48(47(52)53)54-41-40-49(3,4)5)57-46(51)39-37-35-33-31-29-27-24-21-19-17-15-13-11-9-7-2/h9,11,15,17,21,24,29,31,35,37,44,48H,6-8,10,12-14,16,18-20,22-23,25-28,30,32-34,36,38-43H2,1-5H3/b11-9-,17-15-,24-21-,31-29-,37-35-. The number of carbonyl (C=O) groups excluding carboxylic acids is 3. The minimum absolute atomic E-state index is 0.0150. The second-order valence-electron chi connectivity index (χ2n) is 16.0. The number of hydrogen-bond donors (Lipinski definition) is 0. The van der Waals surface area contributed by atoms with Gasteiger partial charge >= 0.3 is 11.9 Å². The molecule has 0 spiro atoms. The molecule has 328 valence electrons. The quantitative estimate of drug-likeness (QED) is 0.0198. The molecule has 0 fully saturated rings. The van der Waals surface area contributed by atoms with Crippen LogP contribution in [0.2, 0.25) is 0 Å². The molecule has 9 nitrogen and oxygen atoms in total. The van der Waals surface area contributed by atoms with E-state index in [4.69, 9.17) is 18.9 Å². The summed E-state index contributed by atoms with van der Waals surface area (Å²) in [4.78, 5) is 36.9. The molecule has 2 unspecified atom stereocenters. The van der Waals surface area contributed by atoms with Gasteiger partial charge in [0.2, 0.25) is 0 Å². The van der Waals surface area contributed by atoms with Crippen LogP contribution in [-0.2, 0) is 33.3 Å². The van der Waals surface area contributed by atoms with E-state index in [0.29, 0.717) is 17.4 Å². The Hall–Kier alpha value is -3.01. The maximum Gasteiger partial charge on any atom is 0.310 e. The molecule has 0 aliphatic heterocycles. The molecule has 2 atom stereocenters. The van der Waals surface area contributed by atoms with Gasteiger partial charge in [0.05, 0.1) is 46.7 Å². The van der Waals surface area contributed by atoms with Crippen molar-refractivity contribution in [1.82, 2.24) is 0 Å². The Balaban J connectivity index is 4.54. The zero-order valence-electron chi connectivity index (χ0n) is 36.9. The molecule has 0 radical (unpaired) electrons. The van der Waals surface area contributed by atoms with E-state index < -0.39 is 24.3 Å². The van der Waals surface area contributed by atoms with Gasteiger partial charge in [-0.3, -0.25) is 9.59 Å². The van der Waals surface area contributed by atoms with Crippen LogP contribution in [0.5, 0.6) is 0 Å². The molecular weight excluding hydrogens is 719 g/mol. The molecule has 0 amide bonds. The second-order valence-corrected chi connectivity index (χ2v) is 16.0. The number of quaternary nitrogens is 1. The molecule has 9 heteroatoms. The van der Waals surface area contributed by atoms with Crippen molar-refractivity contribution in [3.05, 3.63) is 60.8 Å². The maximum absolute atomic E-state index is 12.7. The van der Waals surface area contributed by atoms with Crippen LogP contribution >= 0.6 is 0 Å². The molecule has 0 aromatic heterocycles. The Morgan fingerprint density at radius 2 is 0.982 bits per heavy atom. The Morgan fingerprint density at radius 1 is 0.544 bits per heavy atom. The van der Waals surface area contributed by atoms with Crippen molar-refractivity contribution >= 4 is 17.9 Å². The zero-order chi connectivity index (χ0) is 42.1. The van der Waals surface area contributed by atoms with Gasteiger partial charge in [-0.05, 0) is 38.5 Å². The number of hydrogen-bond acceptors (Lipinski definition) is 8. The van der Waals surface area contributed by atoms with Gasteiger partial charge < -0.3 is 33.3 Å². The van der Waals surface area contributed by atoms with Crippen LogP contribution < -0.4 is 5.11 Å². The zero-order valence-corrected chi connectivity index (χ0v) is 36.9. The fourth-order valence-electron chi connectivity index (χ4n) is 5.85. The molecule has 0 saturated heterocycles. The smallest absolute Gasteiger partial charge is 0.310 e. The fourth-order valence-corrected chi connectivity index (χ4v) is 5.85. The Bertz CT molecular complexity index is 1120. The van der Waals surface area contributed by atoms with Gasteiger partial charge in [-0.2, -0.15) is 0 Å². The summed E-state index contributed by atoms with van der Waals surface area (Å²) in [7, 11) is 5.87. The first-order chi connectivity index (χ1) is 27.6. The first-order valence-corrected chi connectivity index (χ1v) is 22.4. The van der Waals surface area contributed by atoms with Crippen molar-refractivity contribution in [2.75, 3.05) is 47.5 Å². The highest BCUT2D eigenvalue weighted by Crippen LogP contribution is 2.15. The van der Waals surface area contributed by atoms with Crippen LogP contribution in [0.4, 0.5) is 0 Å². The molecule has 57 heavy (non-hydrogen) atoms. The van der Waals surface area contributed by atoms with Gasteiger partial charge in [0.25, 0.3) is 0 Å². The normalized spacial score (nSPS) is 13.5. The summed E-state index contributed by atoms with van der Waals surface area (Å²) in [6.07, 6.45) is 44.3. The van der Waals surface area contributed by atoms with Crippen LogP contribution in [0, 0.1) is 0 Å². The molecule has 0 N–H and O–H groups in total. The number of ether oxygens (including phenoxy) is 4. The lowest BCUT2D eigenvalue weighted by Gasteiger charge is -2.26. The third-order valence-electron chi connectivity index (χ3n) is 9.31. The minimum atomic E-state index is -1.64. The predicted octanol–water partition coefficient (Wildman–Crippen LogP) is 10.4. The highest BCUT2D eigenvalue weighted by atomic mass is 16.7.